The van der Waals surface area contributed by atoms with Crippen LogP contribution >= 0.6 is 22.6 Å². The first-order valence-electron chi connectivity index (χ1n) is 16.1. The quantitative estimate of drug-likeness (QED) is 0.0788. The molecule has 0 aliphatic heterocycles. The van der Waals surface area contributed by atoms with Crippen LogP contribution in [0.4, 0.5) is 0 Å². The third-order valence-electron chi connectivity index (χ3n) is 8.49. The van der Waals surface area contributed by atoms with Crippen LogP contribution in [0.1, 0.15) is 119 Å². The second-order valence-corrected chi connectivity index (χ2v) is 39.1. The van der Waals surface area contributed by atoms with E-state index in [1.807, 2.05) is 3.59 Å². The van der Waals surface area contributed by atoms with Crippen LogP contribution in [0.15, 0.2) is 31.9 Å². The van der Waals surface area contributed by atoms with Gasteiger partial charge in [-0.25, -0.2) is 0 Å². The van der Waals surface area contributed by atoms with Gasteiger partial charge in [0, 0.05) is 0 Å². The summed E-state index contributed by atoms with van der Waals surface area (Å²) < 4.78 is 22.6. The fraction of sp³-hybridized carbons (Fsp3) is 0.758. The molecule has 0 atom stereocenters. The predicted octanol–water partition coefficient (Wildman–Crippen LogP) is 12.4. The number of unbranched alkanes of at least 4 members (excludes halogenated alkanes) is 6. The van der Waals surface area contributed by atoms with E-state index in [0.717, 1.165) is 12.4 Å². The number of benzene rings is 1. The van der Waals surface area contributed by atoms with E-state index in [9.17, 15) is 0 Å². The van der Waals surface area contributed by atoms with E-state index in [2.05, 4.69) is 92.5 Å². The van der Waals surface area contributed by atoms with Crippen molar-refractivity contribution in [1.29, 1.82) is 0 Å². The summed E-state index contributed by atoms with van der Waals surface area (Å²) in [5.74, 6) is 1.10. The monoisotopic (exact) mass is 840 g/mol. The SMILES string of the molecule is CCC[CH2][Sn](/[CH]=[C](\COc1ccccc1I)[Sn]([CH2]CCC)([CH2]CCC)[CH2]CCC)([CH2]CCC)[CH2]CCC. The third-order valence-corrected chi connectivity index (χ3v) is 42.0. The first kappa shape index (κ1) is 36.1. The minimum absolute atomic E-state index is 0.899. The van der Waals surface area contributed by atoms with Crippen LogP contribution in [0.3, 0.4) is 0 Å². The van der Waals surface area contributed by atoms with Crippen LogP contribution in [0, 0.1) is 3.57 Å². The van der Waals surface area contributed by atoms with Gasteiger partial charge >= 0.3 is 257 Å². The van der Waals surface area contributed by atoms with Crippen molar-refractivity contribution in [2.75, 3.05) is 6.61 Å². The van der Waals surface area contributed by atoms with E-state index in [0.29, 0.717) is 0 Å². The first-order valence-corrected chi connectivity index (χ1v) is 32.3. The van der Waals surface area contributed by atoms with Crippen molar-refractivity contribution in [3.05, 3.63) is 35.5 Å². The Labute approximate surface area is 254 Å². The molecule has 37 heavy (non-hydrogen) atoms. The van der Waals surface area contributed by atoms with Gasteiger partial charge in [-0.05, 0) is 0 Å². The van der Waals surface area contributed by atoms with Gasteiger partial charge in [-0.1, -0.05) is 0 Å². The van der Waals surface area contributed by atoms with Crippen LogP contribution < -0.4 is 4.74 Å². The zero-order valence-corrected chi connectivity index (χ0v) is 33.5. The molecule has 0 aliphatic rings. The van der Waals surface area contributed by atoms with Gasteiger partial charge in [-0.15, -0.1) is 0 Å². The van der Waals surface area contributed by atoms with Gasteiger partial charge in [0.2, 0.25) is 0 Å². The van der Waals surface area contributed by atoms with E-state index in [1.165, 1.54) is 80.6 Å². The normalized spacial score (nSPS) is 12.8. The molecule has 0 unspecified atom stereocenters. The Bertz CT molecular complexity index is 689. The summed E-state index contributed by atoms with van der Waals surface area (Å²) in [6.07, 6.45) is 16.8. The minimum atomic E-state index is -2.59. The average Bonchev–Trinajstić information content (AvgIpc) is 2.92. The molecule has 1 aromatic rings. The number of ether oxygens (including phenoxy) is 1. The van der Waals surface area contributed by atoms with Gasteiger partial charge in [0.1, 0.15) is 0 Å². The third kappa shape index (κ3) is 13.5. The summed E-state index contributed by atoms with van der Waals surface area (Å²) in [5, 5.41) is 0. The number of para-hydroxylation sites is 1. The molecular formula is C33H61IOSn2. The Balaban J connectivity index is 3.69. The molecule has 1 aromatic carbocycles. The molecule has 0 aliphatic carbocycles. The van der Waals surface area contributed by atoms with Crippen molar-refractivity contribution in [2.45, 2.75) is 145 Å². The Hall–Kier alpha value is 1.09. The summed E-state index contributed by atoms with van der Waals surface area (Å²) in [6.45, 7) is 15.4. The molecule has 0 saturated heterocycles. The zero-order valence-electron chi connectivity index (χ0n) is 25.6. The molecule has 4 heteroatoms. The van der Waals surface area contributed by atoms with Gasteiger partial charge in [-0.2, -0.15) is 0 Å². The molecule has 0 amide bonds. The van der Waals surface area contributed by atoms with Crippen molar-refractivity contribution in [2.24, 2.45) is 0 Å². The Morgan fingerprint density at radius 1 is 0.649 bits per heavy atom. The molecular weight excluding hydrogens is 777 g/mol. The van der Waals surface area contributed by atoms with E-state index >= 15 is 0 Å². The molecule has 0 aromatic heterocycles. The average molecular weight is 838 g/mol. The summed E-state index contributed by atoms with van der Waals surface area (Å²) in [6, 6.07) is 8.69. The van der Waals surface area contributed by atoms with Crippen LogP contribution in [0.5, 0.6) is 5.75 Å². The van der Waals surface area contributed by atoms with Crippen molar-refractivity contribution < 1.29 is 4.74 Å². The molecule has 0 bridgehead atoms. The van der Waals surface area contributed by atoms with Crippen LogP contribution in [0.2, 0.25) is 26.6 Å². The number of hydrogen-bond acceptors (Lipinski definition) is 1. The summed E-state index contributed by atoms with van der Waals surface area (Å²) >= 11 is -2.57. The van der Waals surface area contributed by atoms with E-state index in [4.69, 9.17) is 4.74 Å². The van der Waals surface area contributed by atoms with Crippen molar-refractivity contribution in [3.63, 3.8) is 0 Å². The standard InChI is InChI=1S/C9H7IO.6C4H9.2Sn/c1-2-7-11-9-6-4-3-5-8(9)10;6*1-3-4-2;;/h1,3-6H,7H2;6*1,3-4H2,2H3;;. The summed E-state index contributed by atoms with van der Waals surface area (Å²) in [4.78, 5) is 0. The second kappa shape index (κ2) is 21.8. The molecule has 1 rings (SSSR count). The van der Waals surface area contributed by atoms with E-state index in [-0.39, 0.29) is 0 Å². The van der Waals surface area contributed by atoms with Gasteiger partial charge in [0.05, 0.1) is 0 Å². The summed E-state index contributed by atoms with van der Waals surface area (Å²) in [7, 11) is 0. The molecule has 214 valence electrons. The molecule has 0 spiro atoms. The van der Waals surface area contributed by atoms with Crippen LogP contribution in [-0.2, 0) is 0 Å². The zero-order chi connectivity index (χ0) is 27.4. The van der Waals surface area contributed by atoms with Crippen LogP contribution in [-0.4, -0.2) is 43.4 Å². The number of rotatable bonds is 23. The molecule has 0 fully saturated rings. The molecule has 0 saturated carbocycles. The number of halogens is 1. The number of hydrogen-bond donors (Lipinski definition) is 0. The Morgan fingerprint density at radius 2 is 1.05 bits per heavy atom. The molecule has 0 N–H and O–H groups in total. The summed E-state index contributed by atoms with van der Waals surface area (Å²) in [5.41, 5.74) is 0. The first-order chi connectivity index (χ1) is 18.0. The predicted molar refractivity (Wildman–Crippen MR) is 183 cm³/mol. The molecule has 1 nitrogen and oxygen atoms in total. The second-order valence-electron chi connectivity index (χ2n) is 11.7. The van der Waals surface area contributed by atoms with Gasteiger partial charge in [-0.3, -0.25) is 0 Å². The van der Waals surface area contributed by atoms with Gasteiger partial charge in [0.25, 0.3) is 0 Å². The van der Waals surface area contributed by atoms with Gasteiger partial charge in [0.15, 0.2) is 0 Å². The van der Waals surface area contributed by atoms with E-state index in [1.54, 1.807) is 26.6 Å². The maximum atomic E-state index is 6.81. The van der Waals surface area contributed by atoms with Crippen molar-refractivity contribution >= 4 is 59.3 Å². The Morgan fingerprint density at radius 3 is 1.46 bits per heavy atom. The van der Waals surface area contributed by atoms with Crippen LogP contribution in [0.25, 0.3) is 0 Å². The molecule has 0 radical (unpaired) electrons. The van der Waals surface area contributed by atoms with Gasteiger partial charge < -0.3 is 0 Å². The van der Waals surface area contributed by atoms with Crippen molar-refractivity contribution in [1.82, 2.24) is 0 Å². The Kier molecular flexibility index (Phi) is 21.3. The maximum absolute atomic E-state index is 6.81. The molecule has 0 heterocycles. The fourth-order valence-corrected chi connectivity index (χ4v) is 48.7. The van der Waals surface area contributed by atoms with Crippen molar-refractivity contribution in [3.8, 4) is 5.75 Å². The fourth-order valence-electron chi connectivity index (χ4n) is 6.01. The topological polar surface area (TPSA) is 9.23 Å². The van der Waals surface area contributed by atoms with E-state index < -0.39 is 36.8 Å².